The molecule has 0 bridgehead atoms. The van der Waals surface area contributed by atoms with Gasteiger partial charge in [0.2, 0.25) is 0 Å². The van der Waals surface area contributed by atoms with Crippen molar-refractivity contribution in [1.29, 1.82) is 0 Å². The minimum atomic E-state index is 0.660. The lowest BCUT2D eigenvalue weighted by atomic mass is 10.2. The van der Waals surface area contributed by atoms with E-state index in [4.69, 9.17) is 0 Å². The van der Waals surface area contributed by atoms with Crippen molar-refractivity contribution in [2.45, 2.75) is 25.7 Å². The molecular formula is C13H15N3S. The predicted molar refractivity (Wildman–Crippen MR) is 71.5 cm³/mol. The molecule has 1 N–H and O–H groups in total. The third kappa shape index (κ3) is 2.31. The summed E-state index contributed by atoms with van der Waals surface area (Å²) in [4.78, 5) is 9.24. The van der Waals surface area contributed by atoms with Crippen LogP contribution >= 0.6 is 11.3 Å². The fraction of sp³-hybridized carbons (Fsp3) is 0.385. The first-order valence-electron chi connectivity index (χ1n) is 6.02. The van der Waals surface area contributed by atoms with E-state index in [0.717, 1.165) is 23.8 Å². The van der Waals surface area contributed by atoms with Gasteiger partial charge in [-0.2, -0.15) is 11.3 Å². The molecule has 0 aromatic carbocycles. The Bertz CT molecular complexity index is 503. The molecule has 0 saturated heterocycles. The van der Waals surface area contributed by atoms with Gasteiger partial charge in [0.25, 0.3) is 0 Å². The fourth-order valence-corrected chi connectivity index (χ4v) is 2.48. The molecule has 4 heteroatoms. The Labute approximate surface area is 105 Å². The Kier molecular flexibility index (Phi) is 2.81. The van der Waals surface area contributed by atoms with Crippen molar-refractivity contribution < 1.29 is 0 Å². The van der Waals surface area contributed by atoms with E-state index < -0.39 is 0 Å². The van der Waals surface area contributed by atoms with Gasteiger partial charge in [0.15, 0.2) is 5.82 Å². The Balaban J connectivity index is 2.01. The molecule has 2 aromatic rings. The van der Waals surface area contributed by atoms with Gasteiger partial charge in [-0.3, -0.25) is 0 Å². The van der Waals surface area contributed by atoms with Crippen LogP contribution in [-0.2, 0) is 0 Å². The van der Waals surface area contributed by atoms with Crippen LogP contribution in [0.25, 0.3) is 11.4 Å². The van der Waals surface area contributed by atoms with E-state index in [1.54, 1.807) is 11.3 Å². The molecule has 1 saturated carbocycles. The molecule has 0 aliphatic heterocycles. The van der Waals surface area contributed by atoms with Gasteiger partial charge in [-0.15, -0.1) is 0 Å². The lowest BCUT2D eigenvalue weighted by molar-refractivity contribution is 0.989. The topological polar surface area (TPSA) is 37.8 Å². The molecule has 17 heavy (non-hydrogen) atoms. The number of anilines is 1. The maximum atomic E-state index is 4.68. The van der Waals surface area contributed by atoms with Crippen molar-refractivity contribution in [3.63, 3.8) is 0 Å². The molecule has 3 rings (SSSR count). The summed E-state index contributed by atoms with van der Waals surface area (Å²) in [6.07, 6.45) is 2.54. The number of aromatic nitrogens is 2. The van der Waals surface area contributed by atoms with Gasteiger partial charge in [-0.05, 0) is 31.2 Å². The third-order valence-electron chi connectivity index (χ3n) is 2.88. The van der Waals surface area contributed by atoms with Crippen LogP contribution in [0, 0.1) is 0 Å². The third-order valence-corrected chi connectivity index (χ3v) is 3.56. The Hall–Kier alpha value is -1.42. The van der Waals surface area contributed by atoms with Crippen LogP contribution in [0.1, 0.15) is 31.4 Å². The highest BCUT2D eigenvalue weighted by atomic mass is 32.1. The maximum Gasteiger partial charge on any atom is 0.162 e. The molecule has 2 aromatic heterocycles. The standard InChI is InChI=1S/C13H15N3S/c1-2-14-12-7-11(9-3-4-9)15-13(16-12)10-5-6-17-8-10/h5-9H,2-4H2,1H3,(H,14,15,16). The molecule has 3 nitrogen and oxygen atoms in total. The largest absolute Gasteiger partial charge is 0.370 e. The number of thiophene rings is 1. The highest BCUT2D eigenvalue weighted by Crippen LogP contribution is 2.40. The molecule has 0 atom stereocenters. The number of hydrogen-bond acceptors (Lipinski definition) is 4. The van der Waals surface area contributed by atoms with E-state index in [-0.39, 0.29) is 0 Å². The fourth-order valence-electron chi connectivity index (χ4n) is 1.85. The van der Waals surface area contributed by atoms with Gasteiger partial charge in [0.1, 0.15) is 5.82 Å². The van der Waals surface area contributed by atoms with Crippen LogP contribution in [0.4, 0.5) is 5.82 Å². The monoisotopic (exact) mass is 245 g/mol. The summed E-state index contributed by atoms with van der Waals surface area (Å²) >= 11 is 1.68. The lowest BCUT2D eigenvalue weighted by Gasteiger charge is -2.07. The van der Waals surface area contributed by atoms with E-state index in [2.05, 4.69) is 45.1 Å². The van der Waals surface area contributed by atoms with Crippen molar-refractivity contribution >= 4 is 17.2 Å². The quantitative estimate of drug-likeness (QED) is 0.895. The van der Waals surface area contributed by atoms with Gasteiger partial charge in [0.05, 0.1) is 0 Å². The molecule has 0 amide bonds. The van der Waals surface area contributed by atoms with Gasteiger partial charge in [-0.1, -0.05) is 0 Å². The zero-order chi connectivity index (χ0) is 11.7. The average Bonchev–Trinajstić information content (AvgIpc) is 3.05. The van der Waals surface area contributed by atoms with E-state index in [9.17, 15) is 0 Å². The Morgan fingerprint density at radius 3 is 2.94 bits per heavy atom. The van der Waals surface area contributed by atoms with Crippen LogP contribution in [0.3, 0.4) is 0 Å². The second-order valence-electron chi connectivity index (χ2n) is 4.32. The molecule has 0 spiro atoms. The smallest absolute Gasteiger partial charge is 0.162 e. The van der Waals surface area contributed by atoms with Crippen molar-refractivity contribution in [1.82, 2.24) is 9.97 Å². The zero-order valence-corrected chi connectivity index (χ0v) is 10.6. The molecule has 1 aliphatic carbocycles. The first-order chi connectivity index (χ1) is 8.36. The van der Waals surface area contributed by atoms with Crippen LogP contribution in [0.5, 0.6) is 0 Å². The van der Waals surface area contributed by atoms with Crippen molar-refractivity contribution in [3.05, 3.63) is 28.6 Å². The molecule has 0 unspecified atom stereocenters. The summed E-state index contributed by atoms with van der Waals surface area (Å²) in [7, 11) is 0. The maximum absolute atomic E-state index is 4.68. The summed E-state index contributed by atoms with van der Waals surface area (Å²) in [5, 5.41) is 7.45. The molecule has 88 valence electrons. The van der Waals surface area contributed by atoms with E-state index in [0.29, 0.717) is 5.92 Å². The van der Waals surface area contributed by atoms with Gasteiger partial charge in [0, 0.05) is 35.2 Å². The molecule has 0 radical (unpaired) electrons. The zero-order valence-electron chi connectivity index (χ0n) is 9.81. The highest BCUT2D eigenvalue weighted by Gasteiger charge is 2.26. The predicted octanol–water partition coefficient (Wildman–Crippen LogP) is 3.51. The van der Waals surface area contributed by atoms with E-state index in [1.807, 2.05) is 0 Å². The van der Waals surface area contributed by atoms with E-state index in [1.165, 1.54) is 18.5 Å². The SMILES string of the molecule is CCNc1cc(C2CC2)nc(-c2ccsc2)n1. The van der Waals surface area contributed by atoms with Gasteiger partial charge >= 0.3 is 0 Å². The molecule has 1 aliphatic rings. The molecular weight excluding hydrogens is 230 g/mol. The second kappa shape index (κ2) is 4.45. The summed E-state index contributed by atoms with van der Waals surface area (Å²) in [5.74, 6) is 2.46. The van der Waals surface area contributed by atoms with Crippen LogP contribution in [-0.4, -0.2) is 16.5 Å². The van der Waals surface area contributed by atoms with Crippen LogP contribution in [0.15, 0.2) is 22.9 Å². The van der Waals surface area contributed by atoms with Crippen molar-refractivity contribution in [3.8, 4) is 11.4 Å². The number of nitrogens with one attached hydrogen (secondary N) is 1. The van der Waals surface area contributed by atoms with Crippen molar-refractivity contribution in [2.24, 2.45) is 0 Å². The number of hydrogen-bond donors (Lipinski definition) is 1. The molecule has 1 fully saturated rings. The highest BCUT2D eigenvalue weighted by molar-refractivity contribution is 7.08. The van der Waals surface area contributed by atoms with Crippen LogP contribution in [0.2, 0.25) is 0 Å². The first kappa shape index (κ1) is 10.7. The lowest BCUT2D eigenvalue weighted by Crippen LogP contribution is -2.03. The summed E-state index contributed by atoms with van der Waals surface area (Å²) < 4.78 is 0. The first-order valence-corrected chi connectivity index (χ1v) is 6.96. The van der Waals surface area contributed by atoms with Crippen LogP contribution < -0.4 is 5.32 Å². The average molecular weight is 245 g/mol. The van der Waals surface area contributed by atoms with Crippen molar-refractivity contribution in [2.75, 3.05) is 11.9 Å². The summed E-state index contributed by atoms with van der Waals surface area (Å²) in [6, 6.07) is 4.17. The van der Waals surface area contributed by atoms with E-state index >= 15 is 0 Å². The Morgan fingerprint density at radius 1 is 1.41 bits per heavy atom. The van der Waals surface area contributed by atoms with Gasteiger partial charge < -0.3 is 5.32 Å². The second-order valence-corrected chi connectivity index (χ2v) is 5.10. The minimum absolute atomic E-state index is 0.660. The normalized spacial score (nSPS) is 14.9. The molecule has 2 heterocycles. The minimum Gasteiger partial charge on any atom is -0.370 e. The summed E-state index contributed by atoms with van der Waals surface area (Å²) in [6.45, 7) is 2.98. The number of nitrogens with zero attached hydrogens (tertiary/aromatic N) is 2. The van der Waals surface area contributed by atoms with Gasteiger partial charge in [-0.25, -0.2) is 9.97 Å². The number of rotatable bonds is 4. The summed E-state index contributed by atoms with van der Waals surface area (Å²) in [5.41, 5.74) is 2.31. The Morgan fingerprint density at radius 2 is 2.29 bits per heavy atom.